The number of hydrogen-bond acceptors (Lipinski definition) is 5. The van der Waals surface area contributed by atoms with Gasteiger partial charge in [0.25, 0.3) is 0 Å². The predicted molar refractivity (Wildman–Crippen MR) is 69.9 cm³/mol. The van der Waals surface area contributed by atoms with Crippen molar-refractivity contribution in [1.29, 1.82) is 0 Å². The number of aromatic nitrogens is 3. The van der Waals surface area contributed by atoms with Crippen LogP contribution < -0.4 is 10.1 Å². The molecule has 18 heavy (non-hydrogen) atoms. The second-order valence-corrected chi connectivity index (χ2v) is 4.12. The summed E-state index contributed by atoms with van der Waals surface area (Å²) < 4.78 is 4.95. The van der Waals surface area contributed by atoms with Gasteiger partial charge in [0.15, 0.2) is 5.82 Å². The number of halogens is 1. The Balaban J connectivity index is 2.13. The molecule has 1 N–H and O–H groups in total. The van der Waals surface area contributed by atoms with E-state index < -0.39 is 0 Å². The number of pyridine rings is 1. The zero-order valence-corrected chi connectivity index (χ0v) is 10.9. The normalized spacial score (nSPS) is 10.2. The average Bonchev–Trinajstić information content (AvgIpc) is 2.39. The van der Waals surface area contributed by atoms with Crippen molar-refractivity contribution in [1.82, 2.24) is 15.0 Å². The summed E-state index contributed by atoms with van der Waals surface area (Å²) in [5.41, 5.74) is 2.25. The summed E-state index contributed by atoms with van der Waals surface area (Å²) in [6, 6.07) is 2.24. The van der Waals surface area contributed by atoms with Crippen LogP contribution in [0.5, 0.6) is 6.01 Å². The molecule has 5 nitrogen and oxygen atoms in total. The first-order valence-corrected chi connectivity index (χ1v) is 5.78. The van der Waals surface area contributed by atoms with Crippen molar-refractivity contribution >= 4 is 17.4 Å². The van der Waals surface area contributed by atoms with E-state index in [9.17, 15) is 0 Å². The van der Waals surface area contributed by atoms with Gasteiger partial charge in [0.1, 0.15) is 5.02 Å². The fourth-order valence-corrected chi connectivity index (χ4v) is 1.61. The molecule has 94 valence electrons. The van der Waals surface area contributed by atoms with Crippen LogP contribution in [0.4, 0.5) is 5.82 Å². The second-order valence-electron chi connectivity index (χ2n) is 3.71. The van der Waals surface area contributed by atoms with E-state index in [-0.39, 0.29) is 6.01 Å². The summed E-state index contributed by atoms with van der Waals surface area (Å²) in [6.45, 7) is 2.63. The maximum absolute atomic E-state index is 6.00. The Bertz CT molecular complexity index is 547. The fourth-order valence-electron chi connectivity index (χ4n) is 1.45. The highest BCUT2D eigenvalue weighted by molar-refractivity contribution is 6.32. The van der Waals surface area contributed by atoms with Gasteiger partial charge in [0.2, 0.25) is 0 Å². The molecule has 0 aliphatic heterocycles. The number of methoxy groups -OCH3 is 1. The summed E-state index contributed by atoms with van der Waals surface area (Å²) >= 11 is 6.00. The summed E-state index contributed by atoms with van der Waals surface area (Å²) in [4.78, 5) is 12.1. The summed E-state index contributed by atoms with van der Waals surface area (Å²) in [7, 11) is 1.51. The van der Waals surface area contributed by atoms with Crippen LogP contribution in [-0.2, 0) is 6.54 Å². The monoisotopic (exact) mass is 264 g/mol. The minimum Gasteiger partial charge on any atom is -0.467 e. The first kappa shape index (κ1) is 12.6. The smallest absolute Gasteiger partial charge is 0.318 e. The van der Waals surface area contributed by atoms with Crippen LogP contribution in [0.25, 0.3) is 0 Å². The summed E-state index contributed by atoms with van der Waals surface area (Å²) in [5.74, 6) is 0.555. The van der Waals surface area contributed by atoms with Gasteiger partial charge in [-0.3, -0.25) is 4.98 Å². The van der Waals surface area contributed by atoms with Crippen molar-refractivity contribution in [3.63, 3.8) is 0 Å². The van der Waals surface area contributed by atoms with E-state index in [1.165, 1.54) is 13.3 Å². The van der Waals surface area contributed by atoms with E-state index in [0.29, 0.717) is 17.4 Å². The van der Waals surface area contributed by atoms with E-state index >= 15 is 0 Å². The van der Waals surface area contributed by atoms with Gasteiger partial charge in [-0.15, -0.1) is 0 Å². The van der Waals surface area contributed by atoms with Gasteiger partial charge in [-0.25, -0.2) is 4.98 Å². The first-order chi connectivity index (χ1) is 8.70. The van der Waals surface area contributed by atoms with Gasteiger partial charge >= 0.3 is 6.01 Å². The van der Waals surface area contributed by atoms with Gasteiger partial charge in [-0.05, 0) is 24.1 Å². The molecule has 0 unspecified atom stereocenters. The van der Waals surface area contributed by atoms with Crippen molar-refractivity contribution < 1.29 is 4.74 Å². The fraction of sp³-hybridized carbons (Fsp3) is 0.250. The predicted octanol–water partition coefficient (Wildman–Crippen LogP) is 2.45. The van der Waals surface area contributed by atoms with Crippen LogP contribution in [-0.4, -0.2) is 22.1 Å². The van der Waals surface area contributed by atoms with Crippen LogP contribution in [0.1, 0.15) is 11.1 Å². The largest absolute Gasteiger partial charge is 0.467 e. The molecular formula is C12H13ClN4O. The lowest BCUT2D eigenvalue weighted by Gasteiger charge is -2.09. The Labute approximate surface area is 110 Å². The number of anilines is 1. The first-order valence-electron chi connectivity index (χ1n) is 5.40. The third-order valence-electron chi connectivity index (χ3n) is 2.49. The zero-order valence-electron chi connectivity index (χ0n) is 10.1. The third-order valence-corrected chi connectivity index (χ3v) is 2.76. The van der Waals surface area contributed by atoms with Crippen molar-refractivity contribution in [3.05, 3.63) is 40.8 Å². The number of nitrogens with one attached hydrogen (secondary N) is 1. The highest BCUT2D eigenvalue weighted by atomic mass is 35.5. The lowest BCUT2D eigenvalue weighted by atomic mass is 10.1. The number of aryl methyl sites for hydroxylation is 1. The minimum atomic E-state index is 0.286. The number of nitrogens with zero attached hydrogens (tertiary/aromatic N) is 3. The lowest BCUT2D eigenvalue weighted by Crippen LogP contribution is -2.05. The molecule has 0 radical (unpaired) electrons. The Hall–Kier alpha value is -1.88. The average molecular weight is 265 g/mol. The number of rotatable bonds is 4. The molecule has 0 atom stereocenters. The molecule has 0 bridgehead atoms. The molecule has 2 rings (SSSR count). The van der Waals surface area contributed by atoms with Gasteiger partial charge in [-0.1, -0.05) is 11.6 Å². The molecule has 6 heteroatoms. The lowest BCUT2D eigenvalue weighted by molar-refractivity contribution is 0.380. The molecule has 0 aliphatic rings. The second kappa shape index (κ2) is 5.64. The van der Waals surface area contributed by atoms with Crippen LogP contribution in [0.15, 0.2) is 24.7 Å². The maximum Gasteiger partial charge on any atom is 0.318 e. The molecular weight excluding hydrogens is 252 g/mol. The Morgan fingerprint density at radius 1 is 1.39 bits per heavy atom. The van der Waals surface area contributed by atoms with Crippen LogP contribution in [0.2, 0.25) is 5.02 Å². The van der Waals surface area contributed by atoms with Crippen molar-refractivity contribution in [2.45, 2.75) is 13.5 Å². The highest BCUT2D eigenvalue weighted by Gasteiger charge is 2.06. The molecule has 2 heterocycles. The highest BCUT2D eigenvalue weighted by Crippen LogP contribution is 2.21. The Morgan fingerprint density at radius 2 is 2.22 bits per heavy atom. The SMILES string of the molecule is COc1ncc(Cl)c(NCc2ccncc2C)n1. The van der Waals surface area contributed by atoms with Gasteiger partial charge < -0.3 is 10.1 Å². The van der Waals surface area contributed by atoms with Gasteiger partial charge in [0, 0.05) is 18.9 Å². The van der Waals surface area contributed by atoms with Crippen molar-refractivity contribution in [3.8, 4) is 6.01 Å². The van der Waals surface area contributed by atoms with E-state index in [0.717, 1.165) is 11.1 Å². The van der Waals surface area contributed by atoms with E-state index in [1.54, 1.807) is 6.20 Å². The van der Waals surface area contributed by atoms with Crippen LogP contribution in [0, 0.1) is 6.92 Å². The molecule has 0 amide bonds. The standard InChI is InChI=1S/C12H13ClN4O/c1-8-5-14-4-3-9(8)6-15-11-10(13)7-16-12(17-11)18-2/h3-5,7H,6H2,1-2H3,(H,15,16,17). The Kier molecular flexibility index (Phi) is 3.94. The minimum absolute atomic E-state index is 0.286. The topological polar surface area (TPSA) is 59.9 Å². The molecule has 0 saturated carbocycles. The zero-order chi connectivity index (χ0) is 13.0. The molecule has 2 aromatic rings. The number of hydrogen-bond donors (Lipinski definition) is 1. The van der Waals surface area contributed by atoms with E-state index in [2.05, 4.69) is 20.3 Å². The molecule has 0 saturated heterocycles. The van der Waals surface area contributed by atoms with Crippen molar-refractivity contribution in [2.75, 3.05) is 12.4 Å². The Morgan fingerprint density at radius 3 is 2.94 bits per heavy atom. The van der Waals surface area contributed by atoms with E-state index in [1.807, 2.05) is 19.2 Å². The van der Waals surface area contributed by atoms with Gasteiger partial charge in [0.05, 0.1) is 13.3 Å². The van der Waals surface area contributed by atoms with Crippen LogP contribution >= 0.6 is 11.6 Å². The van der Waals surface area contributed by atoms with Crippen LogP contribution in [0.3, 0.4) is 0 Å². The summed E-state index contributed by atoms with van der Waals surface area (Å²) in [6.07, 6.45) is 5.08. The molecule has 2 aromatic heterocycles. The maximum atomic E-state index is 6.00. The molecule has 0 aromatic carbocycles. The summed E-state index contributed by atoms with van der Waals surface area (Å²) in [5, 5.41) is 3.61. The quantitative estimate of drug-likeness (QED) is 0.919. The number of ether oxygens (including phenoxy) is 1. The van der Waals surface area contributed by atoms with E-state index in [4.69, 9.17) is 16.3 Å². The molecule has 0 aliphatic carbocycles. The third kappa shape index (κ3) is 2.87. The van der Waals surface area contributed by atoms with Crippen molar-refractivity contribution in [2.24, 2.45) is 0 Å². The van der Waals surface area contributed by atoms with Gasteiger partial charge in [-0.2, -0.15) is 4.98 Å². The molecule has 0 spiro atoms. The molecule has 0 fully saturated rings.